The third kappa shape index (κ3) is 2.73. The second-order valence-electron chi connectivity index (χ2n) is 5.08. The zero-order chi connectivity index (χ0) is 15.8. The summed E-state index contributed by atoms with van der Waals surface area (Å²) >= 11 is 4.99. The molecule has 2 aromatic carbocycles. The fraction of sp³-hybridized carbons (Fsp3) is 0. The second kappa shape index (κ2) is 5.76. The number of nitrogens with one attached hydrogen (secondary N) is 1. The first-order valence-corrected chi connectivity index (χ1v) is 8.67. The van der Waals surface area contributed by atoms with Crippen molar-refractivity contribution in [3.8, 4) is 21.8 Å². The third-order valence-corrected chi connectivity index (χ3v) is 4.90. The van der Waals surface area contributed by atoms with Gasteiger partial charge in [-0.15, -0.1) is 11.3 Å². The van der Waals surface area contributed by atoms with Crippen LogP contribution >= 0.6 is 27.3 Å². The predicted molar refractivity (Wildman–Crippen MR) is 96.3 cm³/mol. The molecule has 3 nitrogen and oxygen atoms in total. The van der Waals surface area contributed by atoms with Gasteiger partial charge >= 0.3 is 0 Å². The number of hydrogen-bond acceptors (Lipinski definition) is 4. The Morgan fingerprint density at radius 2 is 1.87 bits per heavy atom. The Kier molecular flexibility index (Phi) is 3.59. The van der Waals surface area contributed by atoms with Gasteiger partial charge in [0.25, 0.3) is 0 Å². The van der Waals surface area contributed by atoms with Crippen LogP contribution in [0, 0.1) is 5.41 Å². The van der Waals surface area contributed by atoms with Gasteiger partial charge in [0, 0.05) is 20.8 Å². The highest BCUT2D eigenvalue weighted by atomic mass is 79.9. The molecule has 0 aliphatic heterocycles. The van der Waals surface area contributed by atoms with Gasteiger partial charge in [0.05, 0.1) is 11.3 Å². The smallest absolute Gasteiger partial charge is 0.222 e. The monoisotopic (exact) mass is 382 g/mol. The molecule has 0 aliphatic carbocycles. The summed E-state index contributed by atoms with van der Waals surface area (Å²) in [5.74, 6) is 0. The van der Waals surface area contributed by atoms with Crippen LogP contribution in [0.5, 0.6) is 0 Å². The van der Waals surface area contributed by atoms with E-state index in [0.29, 0.717) is 11.1 Å². The van der Waals surface area contributed by atoms with Crippen molar-refractivity contribution in [2.75, 3.05) is 0 Å². The van der Waals surface area contributed by atoms with E-state index in [1.54, 1.807) is 0 Å². The summed E-state index contributed by atoms with van der Waals surface area (Å²) in [5, 5.41) is 11.9. The minimum atomic E-state index is 0.133. The first kappa shape index (κ1) is 14.4. The highest BCUT2D eigenvalue weighted by Gasteiger charge is 2.11. The fourth-order valence-electron chi connectivity index (χ4n) is 2.41. The topological polar surface area (TPSA) is 49.9 Å². The van der Waals surface area contributed by atoms with Crippen LogP contribution in [0.4, 0.5) is 0 Å². The Labute approximate surface area is 144 Å². The SMILES string of the molecule is N=c1oc2ccc(Br)cc2cc1-c1nc(-c2ccccc2)cs1. The molecule has 0 saturated carbocycles. The lowest BCUT2D eigenvalue weighted by atomic mass is 10.1. The van der Waals surface area contributed by atoms with Crippen LogP contribution in [0.15, 0.2) is 68.9 Å². The average molecular weight is 383 g/mol. The molecule has 0 aliphatic rings. The zero-order valence-corrected chi connectivity index (χ0v) is 14.3. The summed E-state index contributed by atoms with van der Waals surface area (Å²) in [6.07, 6.45) is 0. The third-order valence-electron chi connectivity index (χ3n) is 3.53. The quantitative estimate of drug-likeness (QED) is 0.499. The number of benzene rings is 2. The minimum absolute atomic E-state index is 0.133. The van der Waals surface area contributed by atoms with E-state index >= 15 is 0 Å². The molecule has 0 atom stereocenters. The van der Waals surface area contributed by atoms with Crippen molar-refractivity contribution in [3.63, 3.8) is 0 Å². The number of thiazole rings is 1. The maximum Gasteiger partial charge on any atom is 0.222 e. The molecule has 1 N–H and O–H groups in total. The summed E-state index contributed by atoms with van der Waals surface area (Å²) in [4.78, 5) is 4.67. The van der Waals surface area contributed by atoms with Crippen molar-refractivity contribution in [3.05, 3.63) is 70.0 Å². The maximum atomic E-state index is 8.15. The molecule has 2 heterocycles. The van der Waals surface area contributed by atoms with Gasteiger partial charge in [-0.05, 0) is 24.3 Å². The molecule has 0 radical (unpaired) electrons. The summed E-state index contributed by atoms with van der Waals surface area (Å²) in [7, 11) is 0. The summed E-state index contributed by atoms with van der Waals surface area (Å²) in [6.45, 7) is 0. The lowest BCUT2D eigenvalue weighted by molar-refractivity contribution is 0.536. The van der Waals surface area contributed by atoms with Gasteiger partial charge in [0.2, 0.25) is 5.55 Å². The van der Waals surface area contributed by atoms with Crippen LogP contribution in [0.2, 0.25) is 0 Å². The predicted octanol–water partition coefficient (Wildman–Crippen LogP) is 5.47. The van der Waals surface area contributed by atoms with Crippen molar-refractivity contribution in [1.29, 1.82) is 5.41 Å². The summed E-state index contributed by atoms with van der Waals surface area (Å²) in [5.41, 5.74) is 3.53. The molecular formula is C18H11BrN2OS. The van der Waals surface area contributed by atoms with Crippen LogP contribution in [0.1, 0.15) is 0 Å². The summed E-state index contributed by atoms with van der Waals surface area (Å²) in [6, 6.07) is 17.7. The van der Waals surface area contributed by atoms with E-state index < -0.39 is 0 Å². The van der Waals surface area contributed by atoms with E-state index in [0.717, 1.165) is 26.1 Å². The fourth-order valence-corrected chi connectivity index (χ4v) is 3.63. The molecule has 2 aromatic heterocycles. The molecule has 0 spiro atoms. The lowest BCUT2D eigenvalue weighted by Gasteiger charge is -2.01. The number of aromatic nitrogens is 1. The number of fused-ring (bicyclic) bond motifs is 1. The maximum absolute atomic E-state index is 8.15. The average Bonchev–Trinajstić information content (AvgIpc) is 3.05. The van der Waals surface area contributed by atoms with Crippen molar-refractivity contribution in [2.24, 2.45) is 0 Å². The highest BCUT2D eigenvalue weighted by molar-refractivity contribution is 9.10. The van der Waals surface area contributed by atoms with Gasteiger partial charge < -0.3 is 4.42 Å². The number of rotatable bonds is 2. The van der Waals surface area contributed by atoms with Crippen LogP contribution in [-0.4, -0.2) is 4.98 Å². The van der Waals surface area contributed by atoms with Crippen LogP contribution in [0.25, 0.3) is 32.8 Å². The Morgan fingerprint density at radius 1 is 1.04 bits per heavy atom. The molecule has 5 heteroatoms. The van der Waals surface area contributed by atoms with Gasteiger partial charge in [-0.2, -0.15) is 0 Å². The van der Waals surface area contributed by atoms with Crippen molar-refractivity contribution in [2.45, 2.75) is 0 Å². The molecule has 4 rings (SSSR count). The van der Waals surface area contributed by atoms with E-state index in [1.165, 1.54) is 11.3 Å². The molecule has 0 fully saturated rings. The first-order valence-electron chi connectivity index (χ1n) is 7.00. The largest absolute Gasteiger partial charge is 0.438 e. The molecule has 112 valence electrons. The zero-order valence-electron chi connectivity index (χ0n) is 11.9. The molecular weight excluding hydrogens is 372 g/mol. The van der Waals surface area contributed by atoms with Gasteiger partial charge in [0.1, 0.15) is 10.6 Å². The summed E-state index contributed by atoms with van der Waals surface area (Å²) < 4.78 is 6.61. The molecule has 0 amide bonds. The highest BCUT2D eigenvalue weighted by Crippen LogP contribution is 2.29. The molecule has 4 aromatic rings. The minimum Gasteiger partial charge on any atom is -0.438 e. The van der Waals surface area contributed by atoms with Crippen LogP contribution in [-0.2, 0) is 0 Å². The Hall–Kier alpha value is -2.24. The molecule has 0 saturated heterocycles. The van der Waals surface area contributed by atoms with Gasteiger partial charge in [-0.25, -0.2) is 4.98 Å². The van der Waals surface area contributed by atoms with Gasteiger partial charge in [0.15, 0.2) is 0 Å². The van der Waals surface area contributed by atoms with E-state index in [4.69, 9.17) is 9.83 Å². The number of halogens is 1. The Balaban J connectivity index is 1.85. The normalized spacial score (nSPS) is 11.0. The lowest BCUT2D eigenvalue weighted by Crippen LogP contribution is -2.02. The Bertz CT molecular complexity index is 1050. The van der Waals surface area contributed by atoms with Crippen molar-refractivity contribution >= 4 is 38.2 Å². The standard InChI is InChI=1S/C18H11BrN2OS/c19-13-6-7-16-12(8-13)9-14(17(20)22-16)18-21-15(10-23-18)11-4-2-1-3-5-11/h1-10,20H. The van der Waals surface area contributed by atoms with Gasteiger partial charge in [-0.1, -0.05) is 46.3 Å². The van der Waals surface area contributed by atoms with Crippen LogP contribution in [0.3, 0.4) is 0 Å². The molecule has 0 bridgehead atoms. The van der Waals surface area contributed by atoms with E-state index in [2.05, 4.69) is 20.9 Å². The van der Waals surface area contributed by atoms with Crippen molar-refractivity contribution < 1.29 is 4.42 Å². The first-order chi connectivity index (χ1) is 11.2. The molecule has 0 unspecified atom stereocenters. The molecule has 23 heavy (non-hydrogen) atoms. The van der Waals surface area contributed by atoms with E-state index in [9.17, 15) is 0 Å². The van der Waals surface area contributed by atoms with E-state index in [1.807, 2.05) is 60.0 Å². The van der Waals surface area contributed by atoms with Crippen LogP contribution < -0.4 is 5.55 Å². The second-order valence-corrected chi connectivity index (χ2v) is 6.85. The van der Waals surface area contributed by atoms with Crippen molar-refractivity contribution in [1.82, 2.24) is 4.98 Å². The Morgan fingerprint density at radius 3 is 2.70 bits per heavy atom. The van der Waals surface area contributed by atoms with E-state index in [-0.39, 0.29) is 5.55 Å². The number of nitrogens with zero attached hydrogens (tertiary/aromatic N) is 1. The van der Waals surface area contributed by atoms with Gasteiger partial charge in [-0.3, -0.25) is 5.41 Å². The number of hydrogen-bond donors (Lipinski definition) is 1.